The van der Waals surface area contributed by atoms with Gasteiger partial charge in [0, 0.05) is 12.8 Å². The van der Waals surface area contributed by atoms with Gasteiger partial charge in [0.1, 0.15) is 5.76 Å². The van der Waals surface area contributed by atoms with Crippen molar-refractivity contribution in [2.24, 2.45) is 0 Å². The fourth-order valence-electron chi connectivity index (χ4n) is 1.81. The summed E-state index contributed by atoms with van der Waals surface area (Å²) in [6.07, 6.45) is -2.35. The molecule has 0 fully saturated rings. The van der Waals surface area contributed by atoms with E-state index in [1.807, 2.05) is 0 Å². The number of carbonyl (C=O) groups excluding carboxylic acids is 1. The van der Waals surface area contributed by atoms with Crippen LogP contribution in [0.3, 0.4) is 0 Å². The van der Waals surface area contributed by atoms with Crippen molar-refractivity contribution in [3.8, 4) is 0 Å². The van der Waals surface area contributed by atoms with Gasteiger partial charge in [-0.1, -0.05) is 0 Å². The molecule has 0 amide bonds. The lowest BCUT2D eigenvalue weighted by atomic mass is 9.88. The van der Waals surface area contributed by atoms with Crippen molar-refractivity contribution in [3.63, 3.8) is 0 Å². The Bertz CT molecular complexity index is 794. The first-order chi connectivity index (χ1) is 11.5. The average Bonchev–Trinajstić information content (AvgIpc) is 2.45. The molecule has 0 heterocycles. The quantitative estimate of drug-likeness (QED) is 0.277. The molecule has 0 aromatic rings. The van der Waals surface area contributed by atoms with Gasteiger partial charge in [-0.3, -0.25) is 0 Å². The van der Waals surface area contributed by atoms with Crippen LogP contribution in [0.15, 0.2) is 11.8 Å². The fourth-order valence-corrected chi connectivity index (χ4v) is 3.07. The third kappa shape index (κ3) is 4.59. The van der Waals surface area contributed by atoms with Crippen molar-refractivity contribution < 1.29 is 61.1 Å². The molecule has 8 nitrogen and oxygen atoms in total. The van der Waals surface area contributed by atoms with Gasteiger partial charge in [-0.15, -0.1) is 0 Å². The van der Waals surface area contributed by atoms with Gasteiger partial charge < -0.3 is 8.92 Å². The minimum Gasteiger partial charge on any atom is -0.467 e. The summed E-state index contributed by atoms with van der Waals surface area (Å²) in [6.45, 7) is 0. The first kappa shape index (κ1) is 22.5. The van der Waals surface area contributed by atoms with Gasteiger partial charge in [0.15, 0.2) is 5.60 Å². The molecule has 0 saturated carbocycles. The first-order valence-corrected chi connectivity index (χ1v) is 9.09. The molecular formula is C10H10F6O8S2. The summed E-state index contributed by atoms with van der Waals surface area (Å²) in [7, 11) is -11.6. The molecule has 1 unspecified atom stereocenters. The highest BCUT2D eigenvalue weighted by Gasteiger charge is 2.56. The second-order valence-corrected chi connectivity index (χ2v) is 7.90. The second-order valence-electron chi connectivity index (χ2n) is 4.83. The molecule has 1 rings (SSSR count). The number of hydrogen-bond acceptors (Lipinski definition) is 8. The zero-order valence-corrected chi connectivity index (χ0v) is 14.2. The molecule has 26 heavy (non-hydrogen) atoms. The maximum absolute atomic E-state index is 12.4. The van der Waals surface area contributed by atoms with Crippen LogP contribution >= 0.6 is 0 Å². The van der Waals surface area contributed by atoms with Crippen molar-refractivity contribution in [1.29, 1.82) is 0 Å². The fraction of sp³-hybridized carbons (Fsp3) is 0.700. The van der Waals surface area contributed by atoms with Crippen molar-refractivity contribution in [3.05, 3.63) is 11.8 Å². The second kappa shape index (κ2) is 6.88. The lowest BCUT2D eigenvalue weighted by Gasteiger charge is -2.32. The van der Waals surface area contributed by atoms with E-state index in [4.69, 9.17) is 0 Å². The van der Waals surface area contributed by atoms with Crippen LogP contribution < -0.4 is 0 Å². The van der Waals surface area contributed by atoms with E-state index in [-0.39, 0.29) is 0 Å². The van der Waals surface area contributed by atoms with E-state index in [1.54, 1.807) is 0 Å². The summed E-state index contributed by atoms with van der Waals surface area (Å²) in [5, 5.41) is 0. The average molecular weight is 436 g/mol. The van der Waals surface area contributed by atoms with Gasteiger partial charge in [0.25, 0.3) is 0 Å². The summed E-state index contributed by atoms with van der Waals surface area (Å²) in [6, 6.07) is 0. The molecule has 0 aliphatic heterocycles. The predicted octanol–water partition coefficient (Wildman–Crippen LogP) is 1.70. The molecule has 0 aromatic heterocycles. The summed E-state index contributed by atoms with van der Waals surface area (Å²) in [4.78, 5) is 11.7. The molecule has 16 heteroatoms. The van der Waals surface area contributed by atoms with Gasteiger partial charge in [-0.05, 0) is 12.5 Å². The number of alkyl halides is 6. The highest BCUT2D eigenvalue weighted by Crippen LogP contribution is 2.39. The summed E-state index contributed by atoms with van der Waals surface area (Å²) in [5.41, 5.74) is -14.4. The molecule has 1 atom stereocenters. The van der Waals surface area contributed by atoms with Crippen molar-refractivity contribution >= 4 is 26.2 Å². The Morgan fingerprint density at radius 3 is 1.88 bits per heavy atom. The Labute approximate surface area is 142 Å². The van der Waals surface area contributed by atoms with E-state index >= 15 is 0 Å². The minimum atomic E-state index is -6.26. The monoisotopic (exact) mass is 436 g/mol. The van der Waals surface area contributed by atoms with Crippen LogP contribution in [0.2, 0.25) is 0 Å². The van der Waals surface area contributed by atoms with Gasteiger partial charge in [-0.25, -0.2) is 8.98 Å². The maximum Gasteiger partial charge on any atom is 0.534 e. The molecule has 0 aromatic carbocycles. The molecule has 152 valence electrons. The predicted molar refractivity (Wildman–Crippen MR) is 68.8 cm³/mol. The molecule has 0 saturated heterocycles. The highest BCUT2D eigenvalue weighted by atomic mass is 32.2. The van der Waals surface area contributed by atoms with Crippen LogP contribution in [0, 0.1) is 0 Å². The van der Waals surface area contributed by atoms with Gasteiger partial charge in [0.2, 0.25) is 0 Å². The number of carbonyl (C=O) groups is 1. The van der Waals surface area contributed by atoms with E-state index in [0.29, 0.717) is 13.2 Å². The van der Waals surface area contributed by atoms with Crippen LogP contribution in [-0.2, 0) is 38.1 Å². The zero-order valence-electron chi connectivity index (χ0n) is 12.5. The molecule has 0 radical (unpaired) electrons. The largest absolute Gasteiger partial charge is 0.534 e. The number of methoxy groups -OCH3 is 1. The molecular weight excluding hydrogens is 426 g/mol. The van der Waals surface area contributed by atoms with E-state index in [2.05, 4.69) is 13.1 Å². The first-order valence-electron chi connectivity index (χ1n) is 6.27. The van der Waals surface area contributed by atoms with Crippen LogP contribution in [0.5, 0.6) is 0 Å². The summed E-state index contributed by atoms with van der Waals surface area (Å²) >= 11 is 0. The molecule has 0 N–H and O–H groups in total. The van der Waals surface area contributed by atoms with Crippen LogP contribution in [0.25, 0.3) is 0 Å². The zero-order chi connectivity index (χ0) is 20.6. The van der Waals surface area contributed by atoms with Gasteiger partial charge >= 0.3 is 37.2 Å². The third-order valence-corrected chi connectivity index (χ3v) is 5.15. The smallest absolute Gasteiger partial charge is 0.467 e. The lowest BCUT2D eigenvalue weighted by Crippen LogP contribution is -2.47. The Balaban J connectivity index is 3.15. The molecule has 1 aliphatic rings. The number of hydrogen-bond donors (Lipinski definition) is 0. The molecule has 0 spiro atoms. The summed E-state index contributed by atoms with van der Waals surface area (Å²) < 4.78 is 130. The highest BCUT2D eigenvalue weighted by molar-refractivity contribution is 7.88. The van der Waals surface area contributed by atoms with Crippen LogP contribution in [0.4, 0.5) is 26.3 Å². The Morgan fingerprint density at radius 1 is 1.04 bits per heavy atom. The number of esters is 1. The Kier molecular flexibility index (Phi) is 5.95. The van der Waals surface area contributed by atoms with Crippen LogP contribution in [0.1, 0.15) is 19.3 Å². The van der Waals surface area contributed by atoms with E-state index < -0.39 is 67.8 Å². The van der Waals surface area contributed by atoms with E-state index in [1.165, 1.54) is 0 Å². The standard InChI is InChI=1S/C10H10F6O8S2/c1-22-7(17)8(24-26(20,21)10(14,15)16)4-2-6(3-5-8)23-25(18,19)9(11,12)13/h2H,3-5H2,1H3. The van der Waals surface area contributed by atoms with Crippen LogP contribution in [-0.4, -0.2) is 46.5 Å². The maximum atomic E-state index is 12.4. The van der Waals surface area contributed by atoms with Gasteiger partial charge in [0.05, 0.1) is 7.11 Å². The molecule has 1 aliphatic carbocycles. The lowest BCUT2D eigenvalue weighted by molar-refractivity contribution is -0.161. The topological polar surface area (TPSA) is 113 Å². The molecule has 0 bridgehead atoms. The van der Waals surface area contributed by atoms with Gasteiger partial charge in [-0.2, -0.15) is 43.2 Å². The Hall–Kier alpha value is -1.55. The minimum absolute atomic E-state index is 0.496. The number of ether oxygens (including phenoxy) is 1. The normalized spacial score (nSPS) is 22.5. The van der Waals surface area contributed by atoms with Crippen molar-refractivity contribution in [1.82, 2.24) is 0 Å². The van der Waals surface area contributed by atoms with Crippen molar-refractivity contribution in [2.45, 2.75) is 35.9 Å². The third-order valence-electron chi connectivity index (χ3n) is 3.05. The van der Waals surface area contributed by atoms with Crippen molar-refractivity contribution in [2.75, 3.05) is 7.11 Å². The Morgan fingerprint density at radius 2 is 1.54 bits per heavy atom. The number of halogens is 6. The summed E-state index contributed by atoms with van der Waals surface area (Å²) in [5.74, 6) is -2.41. The van der Waals surface area contributed by atoms with E-state index in [9.17, 15) is 48.0 Å². The number of allylic oxidation sites excluding steroid dienone is 1. The van der Waals surface area contributed by atoms with E-state index in [0.717, 1.165) is 0 Å². The SMILES string of the molecule is COC(=O)C1(OS(=O)(=O)C(F)(F)F)CC=C(OS(=O)(=O)C(F)(F)F)CC1. The number of rotatable bonds is 5.